The van der Waals surface area contributed by atoms with E-state index < -0.39 is 0 Å². The summed E-state index contributed by atoms with van der Waals surface area (Å²) in [6.45, 7) is 3.79. The lowest BCUT2D eigenvalue weighted by Crippen LogP contribution is -2.25. The third kappa shape index (κ3) is 2.88. The predicted octanol–water partition coefficient (Wildman–Crippen LogP) is 0.544. The van der Waals surface area contributed by atoms with Crippen LogP contribution in [0.1, 0.15) is 6.42 Å². The first-order valence-corrected chi connectivity index (χ1v) is 2.97. The van der Waals surface area contributed by atoms with E-state index >= 15 is 0 Å². The standard InChI is InChI=1S/C7H10N2O/c1-3-7(10)9(2)6-4-5-8/h3H,1,4,6H2,2H3. The number of likely N-dealkylation sites (N-methyl/N-ethyl adjacent to an activating group) is 1. The highest BCUT2D eigenvalue weighted by molar-refractivity contribution is 5.86. The Hall–Kier alpha value is -1.30. The molecule has 0 aromatic rings. The van der Waals surface area contributed by atoms with Crippen LogP contribution in [-0.2, 0) is 4.79 Å². The average molecular weight is 138 g/mol. The minimum atomic E-state index is -0.143. The monoisotopic (exact) mass is 138 g/mol. The van der Waals surface area contributed by atoms with E-state index in [0.29, 0.717) is 13.0 Å². The van der Waals surface area contributed by atoms with Crippen LogP contribution in [0, 0.1) is 11.3 Å². The molecule has 0 saturated carbocycles. The van der Waals surface area contributed by atoms with Crippen molar-refractivity contribution in [3.63, 3.8) is 0 Å². The van der Waals surface area contributed by atoms with Gasteiger partial charge in [-0.25, -0.2) is 0 Å². The summed E-state index contributed by atoms with van der Waals surface area (Å²) in [4.78, 5) is 12.2. The molecule has 0 heterocycles. The van der Waals surface area contributed by atoms with Crippen molar-refractivity contribution in [3.05, 3.63) is 12.7 Å². The van der Waals surface area contributed by atoms with Crippen LogP contribution in [0.5, 0.6) is 0 Å². The number of carbonyl (C=O) groups is 1. The Balaban J connectivity index is 3.63. The Kier molecular flexibility index (Phi) is 3.97. The molecule has 0 atom stereocenters. The molecule has 0 spiro atoms. The van der Waals surface area contributed by atoms with E-state index in [9.17, 15) is 4.79 Å². The zero-order chi connectivity index (χ0) is 7.98. The van der Waals surface area contributed by atoms with Crippen molar-refractivity contribution < 1.29 is 4.79 Å². The number of hydrogen-bond acceptors (Lipinski definition) is 2. The third-order valence-corrected chi connectivity index (χ3v) is 1.11. The second kappa shape index (κ2) is 4.57. The number of hydrogen-bond donors (Lipinski definition) is 0. The second-order valence-corrected chi connectivity index (χ2v) is 1.87. The highest BCUT2D eigenvalue weighted by Gasteiger charge is 2.00. The van der Waals surface area contributed by atoms with Gasteiger partial charge in [0.2, 0.25) is 5.91 Å². The van der Waals surface area contributed by atoms with E-state index in [4.69, 9.17) is 5.26 Å². The topological polar surface area (TPSA) is 44.1 Å². The van der Waals surface area contributed by atoms with Crippen LogP contribution in [0.4, 0.5) is 0 Å². The van der Waals surface area contributed by atoms with Crippen molar-refractivity contribution >= 4 is 5.91 Å². The molecule has 0 aromatic carbocycles. The Bertz CT molecular complexity index is 169. The van der Waals surface area contributed by atoms with Gasteiger partial charge in [-0.15, -0.1) is 0 Å². The molecule has 0 rings (SSSR count). The number of rotatable bonds is 3. The fraction of sp³-hybridized carbons (Fsp3) is 0.429. The zero-order valence-electron chi connectivity index (χ0n) is 6.00. The lowest BCUT2D eigenvalue weighted by Gasteiger charge is -2.11. The minimum Gasteiger partial charge on any atom is -0.341 e. The molecule has 0 radical (unpaired) electrons. The van der Waals surface area contributed by atoms with Crippen LogP contribution < -0.4 is 0 Å². The highest BCUT2D eigenvalue weighted by atomic mass is 16.2. The molecular weight excluding hydrogens is 128 g/mol. The first kappa shape index (κ1) is 8.70. The van der Waals surface area contributed by atoms with Crippen LogP contribution in [0.2, 0.25) is 0 Å². The van der Waals surface area contributed by atoms with Crippen molar-refractivity contribution in [1.29, 1.82) is 5.26 Å². The van der Waals surface area contributed by atoms with Crippen molar-refractivity contribution in [2.75, 3.05) is 13.6 Å². The summed E-state index contributed by atoms with van der Waals surface area (Å²) >= 11 is 0. The van der Waals surface area contributed by atoms with Gasteiger partial charge in [0.15, 0.2) is 0 Å². The first-order valence-electron chi connectivity index (χ1n) is 2.97. The smallest absolute Gasteiger partial charge is 0.245 e. The molecular formula is C7H10N2O. The third-order valence-electron chi connectivity index (χ3n) is 1.11. The van der Waals surface area contributed by atoms with Crippen LogP contribution >= 0.6 is 0 Å². The molecule has 0 bridgehead atoms. The number of nitriles is 1. The van der Waals surface area contributed by atoms with Gasteiger partial charge in [0, 0.05) is 13.6 Å². The van der Waals surface area contributed by atoms with Gasteiger partial charge in [0.1, 0.15) is 0 Å². The predicted molar refractivity (Wildman–Crippen MR) is 38.1 cm³/mol. The van der Waals surface area contributed by atoms with E-state index in [1.807, 2.05) is 6.07 Å². The summed E-state index contributed by atoms with van der Waals surface area (Å²) in [6, 6.07) is 1.95. The summed E-state index contributed by atoms with van der Waals surface area (Å²) in [6.07, 6.45) is 1.60. The summed E-state index contributed by atoms with van der Waals surface area (Å²) in [5.41, 5.74) is 0. The molecule has 0 aliphatic heterocycles. The number of carbonyl (C=O) groups excluding carboxylic acids is 1. The number of amides is 1. The summed E-state index contributed by atoms with van der Waals surface area (Å²) in [5.74, 6) is -0.143. The van der Waals surface area contributed by atoms with E-state index in [1.54, 1.807) is 7.05 Å². The summed E-state index contributed by atoms with van der Waals surface area (Å²) in [5, 5.41) is 8.16. The van der Waals surface area contributed by atoms with Gasteiger partial charge < -0.3 is 4.90 Å². The maximum Gasteiger partial charge on any atom is 0.245 e. The van der Waals surface area contributed by atoms with Crippen LogP contribution in [0.15, 0.2) is 12.7 Å². The quantitative estimate of drug-likeness (QED) is 0.534. The maximum absolute atomic E-state index is 10.7. The van der Waals surface area contributed by atoms with Crippen molar-refractivity contribution in [1.82, 2.24) is 4.90 Å². The fourth-order valence-corrected chi connectivity index (χ4v) is 0.484. The van der Waals surface area contributed by atoms with Crippen LogP contribution in [0.25, 0.3) is 0 Å². The second-order valence-electron chi connectivity index (χ2n) is 1.87. The minimum absolute atomic E-state index is 0.143. The molecule has 0 saturated heterocycles. The molecule has 0 aromatic heterocycles. The lowest BCUT2D eigenvalue weighted by molar-refractivity contribution is -0.124. The van der Waals surface area contributed by atoms with Crippen molar-refractivity contribution in [3.8, 4) is 6.07 Å². The van der Waals surface area contributed by atoms with Gasteiger partial charge in [-0.3, -0.25) is 4.79 Å². The Labute approximate surface area is 60.6 Å². The van der Waals surface area contributed by atoms with Crippen molar-refractivity contribution in [2.45, 2.75) is 6.42 Å². The van der Waals surface area contributed by atoms with Crippen LogP contribution in [0.3, 0.4) is 0 Å². The molecule has 0 unspecified atom stereocenters. The molecule has 10 heavy (non-hydrogen) atoms. The molecule has 54 valence electrons. The molecule has 3 heteroatoms. The maximum atomic E-state index is 10.7. The number of nitrogens with zero attached hydrogens (tertiary/aromatic N) is 2. The van der Waals surface area contributed by atoms with Gasteiger partial charge in [-0.1, -0.05) is 6.58 Å². The largest absolute Gasteiger partial charge is 0.341 e. The van der Waals surface area contributed by atoms with Gasteiger partial charge in [-0.2, -0.15) is 5.26 Å². The van der Waals surface area contributed by atoms with Gasteiger partial charge in [-0.05, 0) is 6.08 Å². The van der Waals surface area contributed by atoms with E-state index in [2.05, 4.69) is 6.58 Å². The average Bonchev–Trinajstić information content (AvgIpc) is 1.98. The SMILES string of the molecule is C=CC(=O)N(C)CCC#N. The molecule has 0 fully saturated rings. The summed E-state index contributed by atoms with van der Waals surface area (Å²) in [7, 11) is 1.64. The fourth-order valence-electron chi connectivity index (χ4n) is 0.484. The molecule has 3 nitrogen and oxygen atoms in total. The highest BCUT2D eigenvalue weighted by Crippen LogP contribution is 1.87. The van der Waals surface area contributed by atoms with E-state index in [0.717, 1.165) is 0 Å². The molecule has 1 amide bonds. The van der Waals surface area contributed by atoms with Gasteiger partial charge >= 0.3 is 0 Å². The Morgan fingerprint density at radius 3 is 2.90 bits per heavy atom. The Morgan fingerprint density at radius 1 is 1.90 bits per heavy atom. The summed E-state index contributed by atoms with van der Waals surface area (Å²) < 4.78 is 0. The normalized spacial score (nSPS) is 8.00. The molecule has 0 aliphatic rings. The lowest BCUT2D eigenvalue weighted by atomic mass is 10.4. The van der Waals surface area contributed by atoms with Gasteiger partial charge in [0.25, 0.3) is 0 Å². The zero-order valence-corrected chi connectivity index (χ0v) is 6.00. The van der Waals surface area contributed by atoms with Crippen LogP contribution in [-0.4, -0.2) is 24.4 Å². The Morgan fingerprint density at radius 2 is 2.50 bits per heavy atom. The van der Waals surface area contributed by atoms with Gasteiger partial charge in [0.05, 0.1) is 12.5 Å². The molecule has 0 aliphatic carbocycles. The van der Waals surface area contributed by atoms with Crippen molar-refractivity contribution in [2.24, 2.45) is 0 Å². The molecule has 0 N–H and O–H groups in total. The van der Waals surface area contributed by atoms with E-state index in [-0.39, 0.29) is 5.91 Å². The van der Waals surface area contributed by atoms with E-state index in [1.165, 1.54) is 11.0 Å². The first-order chi connectivity index (χ1) is 4.72.